The molecule has 0 saturated carbocycles. The zero-order chi connectivity index (χ0) is 17.6. The van der Waals surface area contributed by atoms with Crippen molar-refractivity contribution in [2.24, 2.45) is 15.7 Å². The highest BCUT2D eigenvalue weighted by Gasteiger charge is 2.52. The summed E-state index contributed by atoms with van der Waals surface area (Å²) in [6.45, 7) is 1.99. The number of benzene rings is 2. The lowest BCUT2D eigenvalue weighted by Gasteiger charge is -2.27. The number of aryl methyl sites for hydroxylation is 1. The van der Waals surface area contributed by atoms with Crippen molar-refractivity contribution in [3.8, 4) is 0 Å². The average Bonchev–Trinajstić information content (AvgIpc) is 2.79. The number of fused-ring (bicyclic) bond motifs is 2. The van der Waals surface area contributed by atoms with Gasteiger partial charge in [0.15, 0.2) is 5.96 Å². The molecule has 2 heterocycles. The Bertz CT molecular complexity index is 935. The number of rotatable bonds is 1. The summed E-state index contributed by atoms with van der Waals surface area (Å²) in [6, 6.07) is 15.3. The normalized spacial score (nSPS) is 21.5. The molecular formula is C18H18N6O. The van der Waals surface area contributed by atoms with Crippen molar-refractivity contribution in [2.75, 3.05) is 17.3 Å². The van der Waals surface area contributed by atoms with Crippen LogP contribution in [0.5, 0.6) is 0 Å². The van der Waals surface area contributed by atoms with Gasteiger partial charge in [-0.1, -0.05) is 36.4 Å². The van der Waals surface area contributed by atoms with E-state index in [4.69, 9.17) is 5.73 Å². The Hall–Kier alpha value is -3.35. The largest absolute Gasteiger partial charge is 0.370 e. The smallest absolute Gasteiger partial charge is 0.282 e. The lowest BCUT2D eigenvalue weighted by atomic mass is 10.0. The fourth-order valence-electron chi connectivity index (χ4n) is 3.17. The SMILES string of the molecule is Cc1ccccc1NC1=NC2(N=C(N)N1)C(=O)N(C)c1ccccc12. The number of hydrogen-bond donors (Lipinski definition) is 3. The number of carbonyl (C=O) groups is 1. The second kappa shape index (κ2) is 5.34. The lowest BCUT2D eigenvalue weighted by Crippen LogP contribution is -2.50. The van der Waals surface area contributed by atoms with Crippen LogP contribution in [-0.2, 0) is 10.5 Å². The van der Waals surface area contributed by atoms with Crippen LogP contribution in [0, 0.1) is 6.92 Å². The van der Waals surface area contributed by atoms with Crippen molar-refractivity contribution >= 4 is 29.2 Å². The van der Waals surface area contributed by atoms with E-state index in [1.807, 2.05) is 55.5 Å². The molecular weight excluding hydrogens is 316 g/mol. The summed E-state index contributed by atoms with van der Waals surface area (Å²) in [6.07, 6.45) is 0. The van der Waals surface area contributed by atoms with E-state index >= 15 is 0 Å². The van der Waals surface area contributed by atoms with Gasteiger partial charge < -0.3 is 16.0 Å². The summed E-state index contributed by atoms with van der Waals surface area (Å²) in [5.41, 5.74) is 8.03. The van der Waals surface area contributed by atoms with Gasteiger partial charge in [0, 0.05) is 18.3 Å². The predicted octanol–water partition coefficient (Wildman–Crippen LogP) is 1.51. The maximum Gasteiger partial charge on any atom is 0.282 e. The fourth-order valence-corrected chi connectivity index (χ4v) is 3.17. The van der Waals surface area contributed by atoms with Crippen LogP contribution in [0.1, 0.15) is 11.1 Å². The maximum atomic E-state index is 13.0. The van der Waals surface area contributed by atoms with Gasteiger partial charge in [-0.05, 0) is 24.6 Å². The lowest BCUT2D eigenvalue weighted by molar-refractivity contribution is -0.122. The summed E-state index contributed by atoms with van der Waals surface area (Å²) in [4.78, 5) is 23.5. The molecule has 2 aliphatic heterocycles. The first-order valence-corrected chi connectivity index (χ1v) is 7.94. The first kappa shape index (κ1) is 15.2. The number of amides is 1. The highest BCUT2D eigenvalue weighted by molar-refractivity contribution is 6.14. The Kier molecular flexibility index (Phi) is 3.24. The monoisotopic (exact) mass is 334 g/mol. The third-order valence-corrected chi connectivity index (χ3v) is 4.44. The highest BCUT2D eigenvalue weighted by atomic mass is 16.2. The van der Waals surface area contributed by atoms with Gasteiger partial charge in [0.2, 0.25) is 5.96 Å². The van der Waals surface area contributed by atoms with Crippen LogP contribution < -0.4 is 21.3 Å². The highest BCUT2D eigenvalue weighted by Crippen LogP contribution is 2.43. The van der Waals surface area contributed by atoms with Crippen LogP contribution >= 0.6 is 0 Å². The number of hydrogen-bond acceptors (Lipinski definition) is 6. The van der Waals surface area contributed by atoms with E-state index in [0.717, 1.165) is 22.5 Å². The quantitative estimate of drug-likeness (QED) is 0.737. The van der Waals surface area contributed by atoms with Gasteiger partial charge in [0.1, 0.15) is 0 Å². The Morgan fingerprint density at radius 1 is 1.12 bits per heavy atom. The molecule has 0 aromatic heterocycles. The van der Waals surface area contributed by atoms with Crippen molar-refractivity contribution in [3.05, 3.63) is 59.7 Å². The molecule has 7 nitrogen and oxygen atoms in total. The first-order valence-electron chi connectivity index (χ1n) is 7.94. The number of nitrogens with zero attached hydrogens (tertiary/aromatic N) is 3. The first-order chi connectivity index (χ1) is 12.0. The van der Waals surface area contributed by atoms with E-state index in [9.17, 15) is 4.79 Å². The minimum atomic E-state index is -1.38. The zero-order valence-corrected chi connectivity index (χ0v) is 13.9. The predicted molar refractivity (Wildman–Crippen MR) is 98.5 cm³/mol. The van der Waals surface area contributed by atoms with Crippen LogP contribution in [-0.4, -0.2) is 24.9 Å². The molecule has 2 aromatic carbocycles. The fraction of sp³-hybridized carbons (Fsp3) is 0.167. The van der Waals surface area contributed by atoms with E-state index in [0.29, 0.717) is 5.96 Å². The summed E-state index contributed by atoms with van der Waals surface area (Å²) in [7, 11) is 1.72. The molecule has 7 heteroatoms. The molecule has 0 bridgehead atoms. The minimum Gasteiger partial charge on any atom is -0.370 e. The van der Waals surface area contributed by atoms with Crippen LogP contribution in [0.2, 0.25) is 0 Å². The van der Waals surface area contributed by atoms with Crippen molar-refractivity contribution < 1.29 is 4.79 Å². The average molecular weight is 334 g/mol. The van der Waals surface area contributed by atoms with E-state index < -0.39 is 5.66 Å². The number of aliphatic imine (C=N–C) groups is 2. The van der Waals surface area contributed by atoms with Crippen molar-refractivity contribution in [3.63, 3.8) is 0 Å². The van der Waals surface area contributed by atoms with Gasteiger partial charge in [-0.3, -0.25) is 10.1 Å². The van der Waals surface area contributed by atoms with Gasteiger partial charge in [0.05, 0.1) is 5.69 Å². The van der Waals surface area contributed by atoms with E-state index in [1.165, 1.54) is 0 Å². The molecule has 126 valence electrons. The molecule has 1 spiro atoms. The molecule has 4 rings (SSSR count). The van der Waals surface area contributed by atoms with E-state index in [1.54, 1.807) is 11.9 Å². The molecule has 0 fully saturated rings. The molecule has 1 unspecified atom stereocenters. The Morgan fingerprint density at radius 3 is 2.64 bits per heavy atom. The number of nitrogens with one attached hydrogen (secondary N) is 2. The van der Waals surface area contributed by atoms with E-state index in [2.05, 4.69) is 20.6 Å². The second-order valence-electron chi connectivity index (χ2n) is 6.08. The molecule has 1 atom stereocenters. The molecule has 25 heavy (non-hydrogen) atoms. The van der Waals surface area contributed by atoms with Gasteiger partial charge in [-0.2, -0.15) is 0 Å². The molecule has 0 saturated heterocycles. The topological polar surface area (TPSA) is 95.1 Å². The second-order valence-corrected chi connectivity index (χ2v) is 6.08. The number of likely N-dealkylation sites (N-methyl/N-ethyl adjacent to an activating group) is 1. The molecule has 0 radical (unpaired) electrons. The summed E-state index contributed by atoms with van der Waals surface area (Å²) >= 11 is 0. The zero-order valence-electron chi connectivity index (χ0n) is 13.9. The maximum absolute atomic E-state index is 13.0. The molecule has 0 aliphatic carbocycles. The van der Waals surface area contributed by atoms with Crippen molar-refractivity contribution in [1.82, 2.24) is 5.32 Å². The van der Waals surface area contributed by atoms with Gasteiger partial charge in [-0.25, -0.2) is 9.98 Å². The molecule has 2 aliphatic rings. The Labute approximate surface area is 145 Å². The number of anilines is 2. The number of nitrogens with two attached hydrogens (primary N) is 1. The number of carbonyl (C=O) groups excluding carboxylic acids is 1. The van der Waals surface area contributed by atoms with Crippen molar-refractivity contribution in [1.29, 1.82) is 0 Å². The Morgan fingerprint density at radius 2 is 1.84 bits per heavy atom. The standard InChI is InChI=1S/C18H18N6O/c1-11-7-3-5-9-13(11)20-17-21-16(19)22-18(23-17)12-8-4-6-10-14(12)24(2)15(18)25/h3-10H,1-2H3,(H4,19,20,21,22,23). The van der Waals surface area contributed by atoms with Crippen molar-refractivity contribution in [2.45, 2.75) is 12.6 Å². The van der Waals surface area contributed by atoms with Gasteiger partial charge in [0.25, 0.3) is 11.6 Å². The van der Waals surface area contributed by atoms with Crippen LogP contribution in [0.4, 0.5) is 11.4 Å². The number of para-hydroxylation sites is 2. The van der Waals surface area contributed by atoms with Crippen LogP contribution in [0.15, 0.2) is 58.5 Å². The third-order valence-electron chi connectivity index (χ3n) is 4.44. The summed E-state index contributed by atoms with van der Waals surface area (Å²) in [5.74, 6) is 0.298. The molecule has 2 aromatic rings. The van der Waals surface area contributed by atoms with Gasteiger partial charge in [-0.15, -0.1) is 0 Å². The molecule has 1 amide bonds. The van der Waals surface area contributed by atoms with E-state index in [-0.39, 0.29) is 11.9 Å². The summed E-state index contributed by atoms with van der Waals surface area (Å²) in [5, 5.41) is 6.11. The summed E-state index contributed by atoms with van der Waals surface area (Å²) < 4.78 is 0. The van der Waals surface area contributed by atoms with Gasteiger partial charge >= 0.3 is 0 Å². The Balaban J connectivity index is 1.82. The van der Waals surface area contributed by atoms with Crippen LogP contribution in [0.25, 0.3) is 0 Å². The minimum absolute atomic E-state index is 0.143. The number of guanidine groups is 2. The third kappa shape index (κ3) is 2.24. The molecule has 4 N–H and O–H groups in total. The van der Waals surface area contributed by atoms with Crippen LogP contribution in [0.3, 0.4) is 0 Å².